The molecule has 0 aliphatic carbocycles. The highest BCUT2D eigenvalue weighted by Gasteiger charge is 2.31. The number of rotatable bonds is 4. The van der Waals surface area contributed by atoms with Gasteiger partial charge in [-0.3, -0.25) is 14.9 Å². The first kappa shape index (κ1) is 18.8. The largest absolute Gasteiger partial charge is 0.368 e. The molecule has 5 nitrogen and oxygen atoms in total. The smallest absolute Gasteiger partial charge is 0.240 e. The van der Waals surface area contributed by atoms with E-state index in [1.807, 2.05) is 43.9 Å². The van der Waals surface area contributed by atoms with Gasteiger partial charge in [0.2, 0.25) is 11.8 Å². The number of nitrogens with zero attached hydrogens (tertiary/aromatic N) is 1. The van der Waals surface area contributed by atoms with E-state index in [2.05, 4.69) is 18.3 Å². The lowest BCUT2D eigenvalue weighted by Crippen LogP contribution is -2.53. The van der Waals surface area contributed by atoms with Crippen LogP contribution >= 0.6 is 11.8 Å². The minimum Gasteiger partial charge on any atom is -0.368 e. The molecule has 0 unspecified atom stereocenters. The van der Waals surface area contributed by atoms with Crippen molar-refractivity contribution < 1.29 is 9.59 Å². The first-order valence-corrected chi connectivity index (χ1v) is 9.17. The summed E-state index contributed by atoms with van der Waals surface area (Å²) in [6.45, 7) is 8.75. The number of nitrogens with two attached hydrogens (primary N) is 1. The predicted octanol–water partition coefficient (Wildman–Crippen LogP) is 2.39. The van der Waals surface area contributed by atoms with Gasteiger partial charge >= 0.3 is 0 Å². The van der Waals surface area contributed by atoms with Crippen LogP contribution in [-0.4, -0.2) is 36.2 Å². The lowest BCUT2D eigenvalue weighted by molar-refractivity contribution is -0.123. The molecule has 1 aromatic rings. The Morgan fingerprint density at radius 1 is 1.38 bits per heavy atom. The number of hydrogen-bond donors (Lipinski definition) is 2. The van der Waals surface area contributed by atoms with Gasteiger partial charge in [0.15, 0.2) is 0 Å². The Kier molecular flexibility index (Phi) is 5.93. The number of amides is 2. The fraction of sp³-hybridized carbons (Fsp3) is 0.556. The second-order valence-corrected chi connectivity index (χ2v) is 8.79. The van der Waals surface area contributed by atoms with Crippen molar-refractivity contribution in [3.8, 4) is 0 Å². The normalized spacial score (nSPS) is 19.3. The Morgan fingerprint density at radius 2 is 2.04 bits per heavy atom. The van der Waals surface area contributed by atoms with Crippen molar-refractivity contribution in [2.45, 2.75) is 50.3 Å². The van der Waals surface area contributed by atoms with E-state index in [0.29, 0.717) is 11.8 Å². The van der Waals surface area contributed by atoms with Crippen LogP contribution in [0.25, 0.3) is 0 Å². The summed E-state index contributed by atoms with van der Waals surface area (Å²) in [5, 5.41) is 3.51. The second kappa shape index (κ2) is 7.57. The molecule has 2 amide bonds. The van der Waals surface area contributed by atoms with E-state index in [0.717, 1.165) is 17.0 Å². The number of carbonyl (C=O) groups is 2. The minimum atomic E-state index is -0.544. The van der Waals surface area contributed by atoms with Gasteiger partial charge in [0.1, 0.15) is 0 Å². The summed E-state index contributed by atoms with van der Waals surface area (Å²) in [5.74, 6) is -0.469. The zero-order valence-electron chi connectivity index (χ0n) is 14.8. The van der Waals surface area contributed by atoms with Crippen LogP contribution in [0.3, 0.4) is 0 Å². The molecule has 1 aromatic carbocycles. The van der Waals surface area contributed by atoms with Gasteiger partial charge in [-0.15, -0.1) is 11.8 Å². The predicted molar refractivity (Wildman–Crippen MR) is 99.2 cm³/mol. The van der Waals surface area contributed by atoms with Crippen LogP contribution in [0.5, 0.6) is 0 Å². The average molecular weight is 350 g/mol. The molecule has 132 valence electrons. The van der Waals surface area contributed by atoms with Gasteiger partial charge in [-0.25, -0.2) is 0 Å². The molecular weight excluding hydrogens is 322 g/mol. The number of para-hydroxylation sites is 1. The van der Waals surface area contributed by atoms with Crippen LogP contribution < -0.4 is 16.0 Å². The molecule has 3 N–H and O–H groups in total. The topological polar surface area (TPSA) is 75.4 Å². The molecule has 6 heteroatoms. The highest BCUT2D eigenvalue weighted by atomic mass is 32.2. The molecule has 0 bridgehead atoms. The molecule has 1 aliphatic rings. The van der Waals surface area contributed by atoms with E-state index in [-0.39, 0.29) is 17.9 Å². The molecule has 2 atom stereocenters. The van der Waals surface area contributed by atoms with E-state index in [1.165, 1.54) is 0 Å². The fourth-order valence-corrected chi connectivity index (χ4v) is 3.98. The van der Waals surface area contributed by atoms with Gasteiger partial charge in [-0.05, 0) is 24.0 Å². The third-order valence-corrected chi connectivity index (χ3v) is 5.39. The summed E-state index contributed by atoms with van der Waals surface area (Å²) < 4.78 is 0. The molecule has 0 radical (unpaired) electrons. The Bertz CT molecular complexity index is 613. The third-order valence-electron chi connectivity index (χ3n) is 4.15. The molecule has 0 aromatic heterocycles. The molecule has 0 saturated carbocycles. The molecule has 1 heterocycles. The van der Waals surface area contributed by atoms with Crippen LogP contribution in [0.1, 0.15) is 34.1 Å². The van der Waals surface area contributed by atoms with Gasteiger partial charge in [0.05, 0.1) is 18.3 Å². The number of carbonyl (C=O) groups excluding carboxylic acids is 2. The maximum Gasteiger partial charge on any atom is 0.240 e. The van der Waals surface area contributed by atoms with Crippen molar-refractivity contribution in [1.29, 1.82) is 0 Å². The quantitative estimate of drug-likeness (QED) is 0.875. The number of benzene rings is 1. The summed E-state index contributed by atoms with van der Waals surface area (Å²) in [6.07, 6.45) is 0.934. The highest BCUT2D eigenvalue weighted by molar-refractivity contribution is 8.00. The second-order valence-electron chi connectivity index (χ2n) is 7.31. The number of primary amides is 1. The number of anilines is 1. The van der Waals surface area contributed by atoms with E-state index < -0.39 is 11.9 Å². The molecular formula is C18H27N3O2S. The van der Waals surface area contributed by atoms with Crippen LogP contribution in [-0.2, 0) is 9.59 Å². The molecule has 2 rings (SSSR count). The van der Waals surface area contributed by atoms with Gasteiger partial charge in [-0.1, -0.05) is 39.8 Å². The molecule has 1 aliphatic heterocycles. The Labute approximate surface area is 148 Å². The average Bonchev–Trinajstić information content (AvgIpc) is 2.63. The van der Waals surface area contributed by atoms with Crippen LogP contribution in [0.4, 0.5) is 5.69 Å². The monoisotopic (exact) mass is 349 g/mol. The lowest BCUT2D eigenvalue weighted by Gasteiger charge is -2.30. The van der Waals surface area contributed by atoms with Crippen LogP contribution in [0.15, 0.2) is 29.2 Å². The van der Waals surface area contributed by atoms with E-state index in [4.69, 9.17) is 5.73 Å². The number of nitrogens with one attached hydrogen (secondary N) is 1. The maximum atomic E-state index is 12.8. The molecule has 0 spiro atoms. The van der Waals surface area contributed by atoms with Gasteiger partial charge < -0.3 is 10.6 Å². The van der Waals surface area contributed by atoms with E-state index in [9.17, 15) is 9.59 Å². The van der Waals surface area contributed by atoms with E-state index in [1.54, 1.807) is 11.8 Å². The van der Waals surface area contributed by atoms with Crippen LogP contribution in [0, 0.1) is 5.41 Å². The SMILES string of the molecule is C[C@H]1CCN(C(=O)CN[C@H](C(N)=O)C(C)(C)C)c2ccccc2S1. The maximum absolute atomic E-state index is 12.8. The number of hydrogen-bond acceptors (Lipinski definition) is 4. The zero-order chi connectivity index (χ0) is 17.9. The minimum absolute atomic E-state index is 0.0346. The van der Waals surface area contributed by atoms with Crippen molar-refractivity contribution in [2.75, 3.05) is 18.0 Å². The Balaban J connectivity index is 2.13. The van der Waals surface area contributed by atoms with Crippen molar-refractivity contribution >= 4 is 29.3 Å². The Hall–Kier alpha value is -1.53. The standard InChI is InChI=1S/C18H27N3O2S/c1-12-9-10-21(13-7-5-6-8-14(13)24-12)15(22)11-20-16(17(19)23)18(2,3)4/h5-8,12,16,20H,9-11H2,1-4H3,(H2,19,23)/t12-,16+/m0/s1. The summed E-state index contributed by atoms with van der Waals surface area (Å²) >= 11 is 1.80. The summed E-state index contributed by atoms with van der Waals surface area (Å²) in [7, 11) is 0. The van der Waals surface area contributed by atoms with Gasteiger partial charge in [-0.2, -0.15) is 0 Å². The number of fused-ring (bicyclic) bond motifs is 1. The Morgan fingerprint density at radius 3 is 2.67 bits per heavy atom. The van der Waals surface area contributed by atoms with Gasteiger partial charge in [0.25, 0.3) is 0 Å². The fourth-order valence-electron chi connectivity index (χ4n) is 2.86. The van der Waals surface area contributed by atoms with Crippen molar-refractivity contribution in [3.63, 3.8) is 0 Å². The molecule has 0 saturated heterocycles. The van der Waals surface area contributed by atoms with Gasteiger partial charge in [0, 0.05) is 16.7 Å². The van der Waals surface area contributed by atoms with E-state index >= 15 is 0 Å². The first-order chi connectivity index (χ1) is 11.2. The summed E-state index contributed by atoms with van der Waals surface area (Å²) in [6, 6.07) is 7.43. The van der Waals surface area contributed by atoms with Crippen molar-refractivity contribution in [2.24, 2.45) is 11.1 Å². The summed E-state index contributed by atoms with van der Waals surface area (Å²) in [4.78, 5) is 27.4. The first-order valence-electron chi connectivity index (χ1n) is 8.29. The highest BCUT2D eigenvalue weighted by Crippen LogP contribution is 2.37. The molecule has 24 heavy (non-hydrogen) atoms. The third kappa shape index (κ3) is 4.51. The van der Waals surface area contributed by atoms with Crippen LogP contribution in [0.2, 0.25) is 0 Å². The van der Waals surface area contributed by atoms with Crippen molar-refractivity contribution in [3.05, 3.63) is 24.3 Å². The molecule has 0 fully saturated rings. The van der Waals surface area contributed by atoms with Crippen molar-refractivity contribution in [1.82, 2.24) is 5.32 Å². The number of thioether (sulfide) groups is 1. The lowest BCUT2D eigenvalue weighted by atomic mass is 9.86. The summed E-state index contributed by atoms with van der Waals surface area (Å²) in [5.41, 5.74) is 6.09. The zero-order valence-corrected chi connectivity index (χ0v) is 15.7.